The molecule has 1 unspecified atom stereocenters. The number of aliphatic hydroxyl groups excluding tert-OH is 1. The van der Waals surface area contributed by atoms with Crippen molar-refractivity contribution < 1.29 is 27.9 Å². The quantitative estimate of drug-likeness (QED) is 0.0838. The van der Waals surface area contributed by atoms with Crippen LogP contribution >= 0.6 is 0 Å². The molecule has 5 atom stereocenters. The van der Waals surface area contributed by atoms with E-state index in [-0.39, 0.29) is 23.7 Å². The summed E-state index contributed by atoms with van der Waals surface area (Å²) in [6, 6.07) is 15.6. The molecule has 54 heavy (non-hydrogen) atoms. The van der Waals surface area contributed by atoms with Gasteiger partial charge in [0, 0.05) is 51.7 Å². The fraction of sp³-hybridized carbons (Fsp3) is 0.615. The number of aliphatic hydroxyl groups is 1. The van der Waals surface area contributed by atoms with Crippen LogP contribution in [0.2, 0.25) is 0 Å². The van der Waals surface area contributed by atoms with Crippen molar-refractivity contribution in [1.29, 1.82) is 0 Å². The number of hydrogen-bond acceptors (Lipinski definition) is 9. The number of likely N-dealkylation sites (tertiary alicyclic amines) is 1. The van der Waals surface area contributed by atoms with Crippen molar-refractivity contribution in [3.05, 3.63) is 71.8 Å². The maximum atomic E-state index is 14.0. The summed E-state index contributed by atoms with van der Waals surface area (Å²) in [6.45, 7) is 6.15. The molecule has 0 aromatic heterocycles. The average molecular weight is 771 g/mol. The number of piperidine rings is 1. The third-order valence-corrected chi connectivity index (χ3v) is 12.5. The molecule has 2 heterocycles. The molecule has 0 radical (unpaired) electrons. The molecule has 2 aliphatic heterocycles. The van der Waals surface area contributed by atoms with Gasteiger partial charge < -0.3 is 32.1 Å². The molecule has 1 spiro atoms. The van der Waals surface area contributed by atoms with Gasteiger partial charge >= 0.3 is 0 Å². The van der Waals surface area contributed by atoms with Crippen LogP contribution in [-0.4, -0.2) is 122 Å². The van der Waals surface area contributed by atoms with E-state index >= 15 is 0 Å². The zero-order chi connectivity index (χ0) is 39.5. The van der Waals surface area contributed by atoms with Crippen LogP contribution in [0.15, 0.2) is 60.7 Å². The Hall–Kier alpha value is -3.44. The van der Waals surface area contributed by atoms with Crippen LogP contribution in [-0.2, 0) is 37.4 Å². The molecule has 2 saturated heterocycles. The van der Waals surface area contributed by atoms with Gasteiger partial charge in [-0.25, -0.2) is 0 Å². The smallest absolute Gasteiger partial charge is 0.281 e. The summed E-state index contributed by atoms with van der Waals surface area (Å²) < 4.78 is 28.0. The molecule has 15 heteroatoms. The van der Waals surface area contributed by atoms with Crippen LogP contribution in [0.4, 0.5) is 0 Å². The highest BCUT2D eigenvalue weighted by Gasteiger charge is 2.49. The van der Waals surface area contributed by atoms with Crippen LogP contribution in [0.1, 0.15) is 63.5 Å². The maximum Gasteiger partial charge on any atom is 0.281 e. The van der Waals surface area contributed by atoms with E-state index in [1.807, 2.05) is 74.5 Å². The van der Waals surface area contributed by atoms with Crippen LogP contribution < -0.4 is 27.4 Å². The summed E-state index contributed by atoms with van der Waals surface area (Å²) in [4.78, 5) is 43.7. The Labute approximate surface area is 321 Å². The molecule has 2 fully saturated rings. The van der Waals surface area contributed by atoms with Crippen LogP contribution in [0, 0.1) is 11.3 Å². The minimum absolute atomic E-state index is 0.0373. The standard InChI is InChI=1S/C39H62N8O6S/c1-28(2)23-33(44-37(50)34(25-30-15-9-6-10-16-30)43-35(48)31(41)24-29-13-7-5-8-14-29)36(49)42-32(17-11-12-20-40)38(51)46-26-39(27-46)18-21-47(22-19-39)54(52,53)45(3)4/h5-10,13-16,28,31-35,43,48H,11-12,17-27,40-41H2,1-4H3,(H,42,49)(H,44,50)/t31-,32-,33-,34-,35?/m1/s1. The molecule has 4 rings (SSSR count). The Kier molecular flexibility index (Phi) is 16.0. The number of rotatable bonds is 20. The topological polar surface area (TPSA) is 203 Å². The minimum atomic E-state index is -3.50. The zero-order valence-corrected chi connectivity index (χ0v) is 33.1. The monoisotopic (exact) mass is 770 g/mol. The number of hydrogen-bond donors (Lipinski definition) is 6. The van der Waals surface area contributed by atoms with Gasteiger partial charge in [-0.1, -0.05) is 74.5 Å². The lowest BCUT2D eigenvalue weighted by atomic mass is 9.72. The van der Waals surface area contributed by atoms with Crippen molar-refractivity contribution in [2.75, 3.05) is 46.8 Å². The second-order valence-electron chi connectivity index (χ2n) is 15.6. The number of carbonyl (C=O) groups is 3. The maximum absolute atomic E-state index is 14.0. The fourth-order valence-electron chi connectivity index (χ4n) is 7.28. The van der Waals surface area contributed by atoms with Crippen molar-refractivity contribution in [3.63, 3.8) is 0 Å². The Morgan fingerprint density at radius 2 is 1.39 bits per heavy atom. The van der Waals surface area contributed by atoms with Crippen LogP contribution in [0.5, 0.6) is 0 Å². The molecule has 0 saturated carbocycles. The van der Waals surface area contributed by atoms with Crippen molar-refractivity contribution >= 4 is 27.9 Å². The lowest BCUT2D eigenvalue weighted by Crippen LogP contribution is -2.66. The summed E-state index contributed by atoms with van der Waals surface area (Å²) >= 11 is 0. The van der Waals surface area contributed by atoms with E-state index in [1.165, 1.54) is 22.7 Å². The number of benzene rings is 2. The third-order valence-electron chi connectivity index (χ3n) is 10.5. The van der Waals surface area contributed by atoms with Crippen molar-refractivity contribution in [1.82, 2.24) is 29.5 Å². The van der Waals surface area contributed by atoms with E-state index < -0.39 is 52.4 Å². The fourth-order valence-corrected chi connectivity index (χ4v) is 8.39. The number of nitrogens with two attached hydrogens (primary N) is 2. The van der Waals surface area contributed by atoms with Gasteiger partial charge in [0.1, 0.15) is 18.3 Å². The molecule has 2 aromatic rings. The first-order valence-electron chi connectivity index (χ1n) is 19.2. The number of carbonyl (C=O) groups excluding carboxylic acids is 3. The summed E-state index contributed by atoms with van der Waals surface area (Å²) in [5, 5.41) is 20.0. The zero-order valence-electron chi connectivity index (χ0n) is 32.3. The molecule has 300 valence electrons. The van der Waals surface area contributed by atoms with E-state index in [9.17, 15) is 27.9 Å². The highest BCUT2D eigenvalue weighted by Crippen LogP contribution is 2.41. The van der Waals surface area contributed by atoms with Crippen LogP contribution in [0.25, 0.3) is 0 Å². The molecule has 0 bridgehead atoms. The van der Waals surface area contributed by atoms with Gasteiger partial charge in [-0.05, 0) is 75.0 Å². The van der Waals surface area contributed by atoms with Crippen molar-refractivity contribution in [3.8, 4) is 0 Å². The van der Waals surface area contributed by atoms with E-state index in [1.54, 1.807) is 4.90 Å². The SMILES string of the molecule is CC(C)C[C@@H](NC(=O)[C@@H](Cc1ccccc1)NC(O)[C@H](N)Cc1ccccc1)C(=O)N[C@H](CCCCN)C(=O)N1CC2(CCN(S(=O)(=O)N(C)C)CC2)C1. The predicted molar refractivity (Wildman–Crippen MR) is 210 cm³/mol. The average Bonchev–Trinajstić information content (AvgIpc) is 3.13. The molecular formula is C39H62N8O6S. The Bertz CT molecular complexity index is 1600. The summed E-state index contributed by atoms with van der Waals surface area (Å²) in [5.74, 6) is -1.08. The second-order valence-corrected chi connectivity index (χ2v) is 17.8. The normalized spacial score (nSPS) is 18.8. The van der Waals surface area contributed by atoms with Crippen molar-refractivity contribution in [2.24, 2.45) is 22.8 Å². The highest BCUT2D eigenvalue weighted by molar-refractivity contribution is 7.86. The van der Waals surface area contributed by atoms with Gasteiger partial charge in [-0.15, -0.1) is 0 Å². The third kappa shape index (κ3) is 12.0. The van der Waals surface area contributed by atoms with E-state index in [2.05, 4.69) is 16.0 Å². The Morgan fingerprint density at radius 1 is 0.852 bits per heavy atom. The summed E-state index contributed by atoms with van der Waals surface area (Å²) in [6.07, 6.45) is 2.77. The Morgan fingerprint density at radius 3 is 1.93 bits per heavy atom. The lowest BCUT2D eigenvalue weighted by molar-refractivity contribution is -0.150. The van der Waals surface area contributed by atoms with Gasteiger partial charge in [0.05, 0.1) is 6.04 Å². The van der Waals surface area contributed by atoms with Gasteiger partial charge in [0.25, 0.3) is 10.2 Å². The van der Waals surface area contributed by atoms with E-state index in [4.69, 9.17) is 11.5 Å². The van der Waals surface area contributed by atoms with Gasteiger partial charge in [0.15, 0.2) is 0 Å². The summed E-state index contributed by atoms with van der Waals surface area (Å²) in [5.41, 5.74) is 13.8. The first-order chi connectivity index (χ1) is 25.6. The Balaban J connectivity index is 1.44. The van der Waals surface area contributed by atoms with E-state index in [0.717, 1.165) is 11.1 Å². The number of nitrogens with one attached hydrogen (secondary N) is 3. The number of amides is 3. The van der Waals surface area contributed by atoms with Crippen LogP contribution in [0.3, 0.4) is 0 Å². The lowest BCUT2D eigenvalue weighted by Gasteiger charge is -2.54. The summed E-state index contributed by atoms with van der Waals surface area (Å²) in [7, 11) is -0.452. The first-order valence-corrected chi connectivity index (χ1v) is 20.6. The second kappa shape index (κ2) is 19.9. The van der Waals surface area contributed by atoms with Gasteiger partial charge in [0.2, 0.25) is 17.7 Å². The van der Waals surface area contributed by atoms with E-state index in [0.29, 0.717) is 77.7 Å². The highest BCUT2D eigenvalue weighted by atomic mass is 32.2. The van der Waals surface area contributed by atoms with Crippen molar-refractivity contribution in [2.45, 2.75) is 95.6 Å². The minimum Gasteiger partial charge on any atom is -0.377 e. The predicted octanol–water partition coefficient (Wildman–Crippen LogP) is 0.951. The number of unbranched alkanes of at least 4 members (excludes halogenated alkanes) is 1. The largest absolute Gasteiger partial charge is 0.377 e. The first kappa shape index (κ1) is 43.3. The molecule has 3 amide bonds. The van der Waals surface area contributed by atoms with Gasteiger partial charge in [-0.2, -0.15) is 17.0 Å². The number of nitrogens with zero attached hydrogens (tertiary/aromatic N) is 3. The molecule has 8 N–H and O–H groups in total. The molecule has 2 aromatic carbocycles. The molecule has 0 aliphatic carbocycles. The molecule has 14 nitrogen and oxygen atoms in total. The molecular weight excluding hydrogens is 709 g/mol. The molecule has 2 aliphatic rings. The van der Waals surface area contributed by atoms with Gasteiger partial charge in [-0.3, -0.25) is 19.7 Å².